The fourth-order valence-corrected chi connectivity index (χ4v) is 2.39. The average molecular weight is 189 g/mol. The molecule has 1 atom stereocenters. The first-order chi connectivity index (χ1) is 5.21. The second-order valence-corrected chi connectivity index (χ2v) is 6.33. The highest BCUT2D eigenvalue weighted by Gasteiger charge is 2.35. The molecule has 3 nitrogen and oxygen atoms in total. The van der Waals surface area contributed by atoms with Crippen LogP contribution < -0.4 is 5.32 Å². The zero-order valence-corrected chi connectivity index (χ0v) is 10.6. The van der Waals surface area contributed by atoms with Crippen molar-refractivity contribution < 1.29 is 9.90 Å². The standard InChI is InChI=1S/C8H19NO2Si/c1-7(2,3)5-8(12,9-4)6(10)11/h9H,5H2,1-4,12H3,(H,10,11). The van der Waals surface area contributed by atoms with Crippen LogP contribution in [0.25, 0.3) is 0 Å². The Morgan fingerprint density at radius 2 is 1.92 bits per heavy atom. The maximum absolute atomic E-state index is 10.9. The first-order valence-corrected chi connectivity index (χ1v) is 5.13. The van der Waals surface area contributed by atoms with Gasteiger partial charge in [0.25, 0.3) is 0 Å². The van der Waals surface area contributed by atoms with Crippen LogP contribution in [0.5, 0.6) is 0 Å². The van der Waals surface area contributed by atoms with E-state index in [0.717, 1.165) is 0 Å². The van der Waals surface area contributed by atoms with Gasteiger partial charge in [-0.15, -0.1) is 0 Å². The summed E-state index contributed by atoms with van der Waals surface area (Å²) >= 11 is 0. The molecule has 0 aliphatic heterocycles. The molecular formula is C8H19NO2Si. The topological polar surface area (TPSA) is 49.3 Å². The van der Waals surface area contributed by atoms with Gasteiger partial charge in [0, 0.05) is 10.2 Å². The first kappa shape index (κ1) is 11.6. The smallest absolute Gasteiger partial charge is 0.319 e. The van der Waals surface area contributed by atoms with Crippen molar-refractivity contribution in [3.8, 4) is 0 Å². The zero-order valence-electron chi connectivity index (χ0n) is 8.56. The molecule has 12 heavy (non-hydrogen) atoms. The van der Waals surface area contributed by atoms with Crippen LogP contribution in [0.3, 0.4) is 0 Å². The van der Waals surface area contributed by atoms with Gasteiger partial charge in [0.2, 0.25) is 0 Å². The monoisotopic (exact) mass is 189 g/mol. The number of carbonyl (C=O) groups is 1. The molecule has 0 saturated carbocycles. The summed E-state index contributed by atoms with van der Waals surface area (Å²) in [5, 5.41) is 11.2. The van der Waals surface area contributed by atoms with Crippen LogP contribution in [0.2, 0.25) is 0 Å². The number of carboxylic acid groups (broad SMARTS) is 1. The predicted molar refractivity (Wildman–Crippen MR) is 53.4 cm³/mol. The van der Waals surface area contributed by atoms with E-state index in [0.29, 0.717) is 16.7 Å². The number of rotatable bonds is 3. The highest BCUT2D eigenvalue weighted by atomic mass is 28.1. The SMILES string of the molecule is CNC([SiH3])(CC(C)(C)C)C(=O)O. The van der Waals surface area contributed by atoms with Crippen molar-refractivity contribution in [3.05, 3.63) is 0 Å². The predicted octanol–water partition coefficient (Wildman–Crippen LogP) is -0.212. The van der Waals surface area contributed by atoms with E-state index < -0.39 is 11.1 Å². The van der Waals surface area contributed by atoms with E-state index in [9.17, 15) is 4.79 Å². The van der Waals surface area contributed by atoms with Crippen molar-refractivity contribution in [3.63, 3.8) is 0 Å². The second kappa shape index (κ2) is 3.58. The van der Waals surface area contributed by atoms with Crippen LogP contribution >= 0.6 is 0 Å². The Bertz CT molecular complexity index is 176. The summed E-state index contributed by atoms with van der Waals surface area (Å²) in [6.45, 7) is 6.17. The van der Waals surface area contributed by atoms with Crippen LogP contribution in [0.4, 0.5) is 0 Å². The maximum Gasteiger partial charge on any atom is 0.319 e. The number of nitrogens with one attached hydrogen (secondary N) is 1. The van der Waals surface area contributed by atoms with Crippen molar-refractivity contribution >= 4 is 16.2 Å². The van der Waals surface area contributed by atoms with Crippen LogP contribution in [-0.4, -0.2) is 33.5 Å². The lowest BCUT2D eigenvalue weighted by Gasteiger charge is -2.31. The quantitative estimate of drug-likeness (QED) is 0.604. The minimum atomic E-state index is -0.730. The van der Waals surface area contributed by atoms with Gasteiger partial charge in [-0.1, -0.05) is 20.8 Å². The normalized spacial score (nSPS) is 17.3. The van der Waals surface area contributed by atoms with Crippen molar-refractivity contribution in [2.24, 2.45) is 5.41 Å². The van der Waals surface area contributed by atoms with Gasteiger partial charge in [-0.2, -0.15) is 0 Å². The molecule has 0 aromatic carbocycles. The van der Waals surface area contributed by atoms with Gasteiger partial charge in [-0.3, -0.25) is 4.79 Å². The molecule has 0 saturated heterocycles. The number of hydrogen-bond acceptors (Lipinski definition) is 2. The Morgan fingerprint density at radius 3 is 2.00 bits per heavy atom. The molecule has 0 aliphatic carbocycles. The van der Waals surface area contributed by atoms with Gasteiger partial charge in [0.1, 0.15) is 0 Å². The van der Waals surface area contributed by atoms with E-state index in [2.05, 4.69) is 26.1 Å². The summed E-state index contributed by atoms with van der Waals surface area (Å²) in [7, 11) is 2.34. The van der Waals surface area contributed by atoms with Gasteiger partial charge in [0.15, 0.2) is 0 Å². The first-order valence-electron chi connectivity index (χ1n) is 4.13. The van der Waals surface area contributed by atoms with Crippen molar-refractivity contribution in [1.29, 1.82) is 0 Å². The largest absolute Gasteiger partial charge is 0.480 e. The molecule has 1 unspecified atom stereocenters. The summed E-state index contributed by atoms with van der Waals surface area (Å²) < 4.78 is 0. The molecule has 0 radical (unpaired) electrons. The van der Waals surface area contributed by atoms with Crippen LogP contribution in [0.15, 0.2) is 0 Å². The number of likely N-dealkylation sites (N-methyl/N-ethyl adjacent to an activating group) is 1. The van der Waals surface area contributed by atoms with E-state index in [1.54, 1.807) is 7.05 Å². The Labute approximate surface area is 77.0 Å². The number of hydrogen-bond donors (Lipinski definition) is 2. The molecule has 4 heteroatoms. The zero-order chi connectivity index (χ0) is 9.99. The van der Waals surface area contributed by atoms with Gasteiger partial charge in [-0.25, -0.2) is 0 Å². The Morgan fingerprint density at radius 1 is 1.50 bits per heavy atom. The van der Waals surface area contributed by atoms with Crippen LogP contribution in [0, 0.1) is 5.41 Å². The minimum Gasteiger partial charge on any atom is -0.480 e. The number of aliphatic carboxylic acids is 1. The molecule has 0 aromatic heterocycles. The minimum absolute atomic E-state index is 0.0587. The summed E-state index contributed by atoms with van der Waals surface area (Å²) in [5.41, 5.74) is 0.0587. The maximum atomic E-state index is 10.9. The Kier molecular flexibility index (Phi) is 3.47. The molecule has 0 rings (SSSR count). The van der Waals surface area contributed by atoms with Gasteiger partial charge in [0.05, 0.1) is 5.16 Å². The van der Waals surface area contributed by atoms with Gasteiger partial charge < -0.3 is 10.4 Å². The summed E-state index contributed by atoms with van der Waals surface area (Å²) in [4.78, 5) is 10.9. The molecule has 2 N–H and O–H groups in total. The Balaban J connectivity index is 4.46. The van der Waals surface area contributed by atoms with Crippen LogP contribution in [0.1, 0.15) is 27.2 Å². The lowest BCUT2D eigenvalue weighted by Crippen LogP contribution is -2.53. The fourth-order valence-electron chi connectivity index (χ4n) is 1.33. The summed E-state index contributed by atoms with van der Waals surface area (Å²) in [6, 6.07) is 0. The highest BCUT2D eigenvalue weighted by Crippen LogP contribution is 2.25. The molecule has 0 bridgehead atoms. The molecule has 0 heterocycles. The molecule has 0 amide bonds. The molecule has 0 fully saturated rings. The lowest BCUT2D eigenvalue weighted by molar-refractivity contribution is -0.142. The summed E-state index contributed by atoms with van der Waals surface area (Å²) in [5.74, 6) is -0.730. The van der Waals surface area contributed by atoms with E-state index in [4.69, 9.17) is 5.11 Å². The molecule has 0 aliphatic rings. The van der Waals surface area contributed by atoms with Crippen molar-refractivity contribution in [2.75, 3.05) is 7.05 Å². The highest BCUT2D eigenvalue weighted by molar-refractivity contribution is 6.26. The second-order valence-electron chi connectivity index (χ2n) is 4.62. The third-order valence-corrected chi connectivity index (χ3v) is 3.19. The molecule has 72 valence electrons. The molecule has 0 aromatic rings. The van der Waals surface area contributed by atoms with Crippen LogP contribution in [-0.2, 0) is 4.79 Å². The third-order valence-electron chi connectivity index (χ3n) is 1.91. The van der Waals surface area contributed by atoms with Crippen molar-refractivity contribution in [1.82, 2.24) is 5.32 Å². The van der Waals surface area contributed by atoms with E-state index in [1.807, 2.05) is 0 Å². The Hall–Kier alpha value is -0.353. The fraction of sp³-hybridized carbons (Fsp3) is 0.875. The van der Waals surface area contributed by atoms with E-state index >= 15 is 0 Å². The van der Waals surface area contributed by atoms with Crippen molar-refractivity contribution in [2.45, 2.75) is 32.4 Å². The average Bonchev–Trinajstić information content (AvgIpc) is 1.83. The lowest BCUT2D eigenvalue weighted by atomic mass is 9.87. The number of carboxylic acids is 1. The van der Waals surface area contributed by atoms with E-state index in [-0.39, 0.29) is 5.41 Å². The third kappa shape index (κ3) is 3.36. The van der Waals surface area contributed by atoms with E-state index in [1.165, 1.54) is 0 Å². The molecule has 0 spiro atoms. The van der Waals surface area contributed by atoms with Gasteiger partial charge in [-0.05, 0) is 18.9 Å². The summed E-state index contributed by atoms with van der Waals surface area (Å²) in [6.07, 6.45) is 0.679. The van der Waals surface area contributed by atoms with Gasteiger partial charge >= 0.3 is 5.97 Å². The molecular weight excluding hydrogens is 170 g/mol.